The first kappa shape index (κ1) is 19.1. The van der Waals surface area contributed by atoms with E-state index in [9.17, 15) is 9.59 Å². The standard InChI is InChI=1S/C20H23N3O3S/c1-4-14(5-2)19(25)21-15-6-8-17(9-7-15)26-11-16-10-18(24)23-13(3)12-27-20(23)22-16/h6-10,12,14H,4-5,11H2,1-3H3,(H,21,25). The number of carbonyl (C=O) groups is 1. The van der Waals surface area contributed by atoms with Crippen LogP contribution in [0.5, 0.6) is 5.75 Å². The minimum absolute atomic E-state index is 0.0296. The van der Waals surface area contributed by atoms with Crippen LogP contribution in [-0.2, 0) is 11.4 Å². The predicted molar refractivity (Wildman–Crippen MR) is 108 cm³/mol. The van der Waals surface area contributed by atoms with Crippen molar-refractivity contribution < 1.29 is 9.53 Å². The molecular weight excluding hydrogens is 362 g/mol. The van der Waals surface area contributed by atoms with Crippen molar-refractivity contribution in [3.63, 3.8) is 0 Å². The Bertz CT molecular complexity index is 988. The number of anilines is 1. The van der Waals surface area contributed by atoms with Crippen LogP contribution in [0.25, 0.3) is 4.96 Å². The minimum Gasteiger partial charge on any atom is -0.487 e. The highest BCUT2D eigenvalue weighted by atomic mass is 32.1. The van der Waals surface area contributed by atoms with E-state index >= 15 is 0 Å². The highest BCUT2D eigenvalue weighted by molar-refractivity contribution is 7.15. The number of hydrogen-bond donors (Lipinski definition) is 1. The molecule has 0 saturated heterocycles. The maximum Gasteiger partial charge on any atom is 0.259 e. The molecule has 0 spiro atoms. The van der Waals surface area contributed by atoms with Crippen molar-refractivity contribution in [3.05, 3.63) is 57.5 Å². The second kappa shape index (κ2) is 8.35. The Morgan fingerprint density at radius 3 is 2.63 bits per heavy atom. The summed E-state index contributed by atoms with van der Waals surface area (Å²) in [6.45, 7) is 6.12. The van der Waals surface area contributed by atoms with Crippen LogP contribution in [0, 0.1) is 12.8 Å². The van der Waals surface area contributed by atoms with Gasteiger partial charge in [-0.05, 0) is 44.0 Å². The Kier molecular flexibility index (Phi) is 5.91. The van der Waals surface area contributed by atoms with E-state index in [0.717, 1.165) is 24.2 Å². The number of aryl methyl sites for hydroxylation is 1. The van der Waals surface area contributed by atoms with Gasteiger partial charge in [-0.2, -0.15) is 0 Å². The second-order valence-electron chi connectivity index (χ2n) is 6.40. The normalized spacial score (nSPS) is 11.1. The molecule has 1 amide bonds. The third-order valence-electron chi connectivity index (χ3n) is 4.49. The lowest BCUT2D eigenvalue weighted by atomic mass is 10.0. The SMILES string of the molecule is CCC(CC)C(=O)Nc1ccc(OCc2cc(=O)n3c(C)csc3n2)cc1. The zero-order valence-corrected chi connectivity index (χ0v) is 16.5. The van der Waals surface area contributed by atoms with Crippen molar-refractivity contribution in [2.24, 2.45) is 5.92 Å². The summed E-state index contributed by atoms with van der Waals surface area (Å²) < 4.78 is 7.32. The zero-order valence-electron chi connectivity index (χ0n) is 15.7. The molecule has 7 heteroatoms. The van der Waals surface area contributed by atoms with Crippen LogP contribution >= 0.6 is 11.3 Å². The number of aromatic nitrogens is 2. The van der Waals surface area contributed by atoms with Gasteiger partial charge in [0.05, 0.1) is 5.69 Å². The lowest BCUT2D eigenvalue weighted by Crippen LogP contribution is -2.21. The number of ether oxygens (including phenoxy) is 1. The lowest BCUT2D eigenvalue weighted by Gasteiger charge is -2.13. The first-order chi connectivity index (χ1) is 13.0. The highest BCUT2D eigenvalue weighted by Gasteiger charge is 2.14. The number of benzene rings is 1. The largest absolute Gasteiger partial charge is 0.487 e. The van der Waals surface area contributed by atoms with Gasteiger partial charge in [0.2, 0.25) is 5.91 Å². The third-order valence-corrected chi connectivity index (χ3v) is 5.44. The van der Waals surface area contributed by atoms with Gasteiger partial charge in [0.25, 0.3) is 5.56 Å². The predicted octanol–water partition coefficient (Wildman–Crippen LogP) is 4.02. The van der Waals surface area contributed by atoms with Crippen molar-refractivity contribution >= 4 is 27.9 Å². The van der Waals surface area contributed by atoms with E-state index in [2.05, 4.69) is 10.3 Å². The summed E-state index contributed by atoms with van der Waals surface area (Å²) >= 11 is 1.43. The monoisotopic (exact) mass is 385 g/mol. The summed E-state index contributed by atoms with van der Waals surface area (Å²) in [6.07, 6.45) is 1.65. The first-order valence-corrected chi connectivity index (χ1v) is 9.90. The molecule has 0 saturated carbocycles. The number of nitrogens with one attached hydrogen (secondary N) is 1. The molecule has 1 N–H and O–H groups in total. The van der Waals surface area contributed by atoms with Gasteiger partial charge in [-0.1, -0.05) is 13.8 Å². The molecular formula is C20H23N3O3S. The molecule has 0 unspecified atom stereocenters. The molecule has 6 nitrogen and oxygen atoms in total. The average Bonchev–Trinajstić information content (AvgIpc) is 3.03. The highest BCUT2D eigenvalue weighted by Crippen LogP contribution is 2.19. The number of thiazole rings is 1. The molecule has 0 aliphatic rings. The van der Waals surface area contributed by atoms with Crippen LogP contribution in [0.4, 0.5) is 5.69 Å². The summed E-state index contributed by atoms with van der Waals surface area (Å²) in [5, 5.41) is 4.83. The van der Waals surface area contributed by atoms with Crippen molar-refractivity contribution in [2.75, 3.05) is 5.32 Å². The lowest BCUT2D eigenvalue weighted by molar-refractivity contribution is -0.120. The molecule has 0 radical (unpaired) electrons. The summed E-state index contributed by atoms with van der Waals surface area (Å²) in [5.74, 6) is 0.722. The van der Waals surface area contributed by atoms with Crippen LogP contribution in [0.2, 0.25) is 0 Å². The van der Waals surface area contributed by atoms with Crippen LogP contribution in [-0.4, -0.2) is 15.3 Å². The number of amides is 1. The fraction of sp³-hybridized carbons (Fsp3) is 0.350. The fourth-order valence-corrected chi connectivity index (χ4v) is 3.76. The van der Waals surface area contributed by atoms with E-state index in [1.165, 1.54) is 17.4 Å². The van der Waals surface area contributed by atoms with Gasteiger partial charge in [0.15, 0.2) is 4.96 Å². The fourth-order valence-electron chi connectivity index (χ4n) is 2.87. The van der Waals surface area contributed by atoms with Crippen molar-refractivity contribution in [2.45, 2.75) is 40.2 Å². The number of hydrogen-bond acceptors (Lipinski definition) is 5. The van der Waals surface area contributed by atoms with Crippen molar-refractivity contribution in [1.82, 2.24) is 9.38 Å². The first-order valence-electron chi connectivity index (χ1n) is 9.02. The molecule has 0 bridgehead atoms. The van der Waals surface area contributed by atoms with Gasteiger partial charge >= 0.3 is 0 Å². The molecule has 3 rings (SSSR count). The molecule has 2 heterocycles. The van der Waals surface area contributed by atoms with E-state index in [1.807, 2.05) is 38.3 Å². The molecule has 27 heavy (non-hydrogen) atoms. The number of rotatable bonds is 7. The van der Waals surface area contributed by atoms with Crippen LogP contribution in [0.15, 0.2) is 40.5 Å². The number of fused-ring (bicyclic) bond motifs is 1. The van der Waals surface area contributed by atoms with E-state index < -0.39 is 0 Å². The maximum atomic E-state index is 12.2. The maximum absolute atomic E-state index is 12.2. The van der Waals surface area contributed by atoms with Crippen LogP contribution < -0.4 is 15.6 Å². The van der Waals surface area contributed by atoms with Crippen molar-refractivity contribution in [3.8, 4) is 5.75 Å². The van der Waals surface area contributed by atoms with Crippen LogP contribution in [0.1, 0.15) is 38.1 Å². The van der Waals surface area contributed by atoms with Gasteiger partial charge in [-0.15, -0.1) is 11.3 Å². The second-order valence-corrected chi connectivity index (χ2v) is 7.23. The summed E-state index contributed by atoms with van der Waals surface area (Å²) in [4.78, 5) is 29.4. The smallest absolute Gasteiger partial charge is 0.259 e. The Labute approximate surface area is 161 Å². The van der Waals surface area contributed by atoms with E-state index in [0.29, 0.717) is 16.4 Å². The average molecular weight is 385 g/mol. The summed E-state index contributed by atoms with van der Waals surface area (Å²) in [5.41, 5.74) is 2.11. The molecule has 1 aromatic carbocycles. The molecule has 2 aromatic heterocycles. The molecule has 142 valence electrons. The summed E-state index contributed by atoms with van der Waals surface area (Å²) in [7, 11) is 0. The van der Waals surface area contributed by atoms with Crippen molar-refractivity contribution in [1.29, 1.82) is 0 Å². The quantitative estimate of drug-likeness (QED) is 0.667. The third kappa shape index (κ3) is 4.36. The minimum atomic E-state index is -0.100. The molecule has 0 atom stereocenters. The van der Waals surface area contributed by atoms with Gasteiger partial charge in [-0.3, -0.25) is 14.0 Å². The molecule has 0 aliphatic carbocycles. The number of nitrogens with zero attached hydrogens (tertiary/aromatic N) is 2. The molecule has 0 aliphatic heterocycles. The van der Waals surface area contributed by atoms with E-state index in [-0.39, 0.29) is 24.0 Å². The summed E-state index contributed by atoms with van der Waals surface area (Å²) in [6, 6.07) is 8.71. The molecule has 3 aromatic rings. The Hall–Kier alpha value is -2.67. The Morgan fingerprint density at radius 1 is 1.26 bits per heavy atom. The Balaban J connectivity index is 1.64. The number of carbonyl (C=O) groups excluding carboxylic acids is 1. The molecule has 0 fully saturated rings. The topological polar surface area (TPSA) is 72.7 Å². The Morgan fingerprint density at radius 2 is 1.96 bits per heavy atom. The van der Waals surface area contributed by atoms with E-state index in [1.54, 1.807) is 16.5 Å². The van der Waals surface area contributed by atoms with Crippen LogP contribution in [0.3, 0.4) is 0 Å². The van der Waals surface area contributed by atoms with Gasteiger partial charge in [0.1, 0.15) is 12.4 Å². The van der Waals surface area contributed by atoms with Gasteiger partial charge in [-0.25, -0.2) is 4.98 Å². The van der Waals surface area contributed by atoms with E-state index in [4.69, 9.17) is 4.74 Å². The zero-order chi connectivity index (χ0) is 19.4. The van der Waals surface area contributed by atoms with Gasteiger partial charge in [0, 0.05) is 28.7 Å². The van der Waals surface area contributed by atoms with Gasteiger partial charge < -0.3 is 10.1 Å².